The van der Waals surface area contributed by atoms with Gasteiger partial charge in [0.15, 0.2) is 5.76 Å². The van der Waals surface area contributed by atoms with Crippen LogP contribution in [0.2, 0.25) is 5.02 Å². The average molecular weight is 369 g/mol. The van der Waals surface area contributed by atoms with Gasteiger partial charge in [0.1, 0.15) is 5.58 Å². The summed E-state index contributed by atoms with van der Waals surface area (Å²) in [6.07, 6.45) is 2.31. The van der Waals surface area contributed by atoms with Crippen molar-refractivity contribution in [2.75, 3.05) is 13.1 Å². The van der Waals surface area contributed by atoms with E-state index in [1.165, 1.54) is 0 Å². The SMILES string of the molecule is CC1(C)C(NC(=O)c2cc3ccc(Cl)cc3o2)C2CCN1CC2.Cl. The third kappa shape index (κ3) is 2.81. The van der Waals surface area contributed by atoms with E-state index in [0.717, 1.165) is 31.3 Å². The highest BCUT2D eigenvalue weighted by Gasteiger charge is 2.48. The summed E-state index contributed by atoms with van der Waals surface area (Å²) in [5.41, 5.74) is 0.641. The number of rotatable bonds is 2. The summed E-state index contributed by atoms with van der Waals surface area (Å²) in [5.74, 6) is 0.774. The van der Waals surface area contributed by atoms with Gasteiger partial charge >= 0.3 is 0 Å². The smallest absolute Gasteiger partial charge is 0.287 e. The molecule has 1 aromatic heterocycles. The standard InChI is InChI=1S/C18H21ClN2O2.ClH/c1-18(2)16(11-5-7-21(18)8-6-11)20-17(22)15-9-12-3-4-13(19)10-14(12)23-15;/h3-4,9-11,16H,5-8H2,1-2H3,(H,20,22);1H. The number of furan rings is 1. The molecule has 4 heterocycles. The number of amides is 1. The van der Waals surface area contributed by atoms with Gasteiger partial charge in [-0.05, 0) is 63.9 Å². The van der Waals surface area contributed by atoms with E-state index in [1.54, 1.807) is 18.2 Å². The molecule has 5 rings (SSSR count). The Kier molecular flexibility index (Phi) is 4.58. The molecular weight excluding hydrogens is 347 g/mol. The predicted molar refractivity (Wildman–Crippen MR) is 98.1 cm³/mol. The monoisotopic (exact) mass is 368 g/mol. The van der Waals surface area contributed by atoms with Crippen molar-refractivity contribution in [1.82, 2.24) is 10.2 Å². The summed E-state index contributed by atoms with van der Waals surface area (Å²) in [4.78, 5) is 15.2. The Morgan fingerprint density at radius 2 is 2.00 bits per heavy atom. The van der Waals surface area contributed by atoms with Gasteiger partial charge in [-0.25, -0.2) is 0 Å². The number of nitrogens with one attached hydrogen (secondary N) is 1. The Labute approximate surface area is 152 Å². The maximum absolute atomic E-state index is 12.7. The van der Waals surface area contributed by atoms with Crippen LogP contribution in [0.15, 0.2) is 28.7 Å². The van der Waals surface area contributed by atoms with E-state index in [-0.39, 0.29) is 29.9 Å². The number of carbonyl (C=O) groups is 1. The lowest BCUT2D eigenvalue weighted by Crippen LogP contribution is -2.69. The predicted octanol–water partition coefficient (Wildman–Crippen LogP) is 4.11. The van der Waals surface area contributed by atoms with Gasteiger partial charge < -0.3 is 9.73 Å². The van der Waals surface area contributed by atoms with Crippen LogP contribution in [0.3, 0.4) is 0 Å². The zero-order chi connectivity index (χ0) is 16.2. The second-order valence-electron chi connectivity index (χ2n) is 7.22. The minimum atomic E-state index is -0.135. The average Bonchev–Trinajstić information content (AvgIpc) is 2.94. The van der Waals surface area contributed by atoms with Crippen molar-refractivity contribution >= 4 is 40.9 Å². The lowest BCUT2D eigenvalue weighted by Gasteiger charge is -2.56. The van der Waals surface area contributed by atoms with Gasteiger partial charge in [-0.1, -0.05) is 11.6 Å². The molecule has 0 aliphatic carbocycles. The molecule has 1 aromatic carbocycles. The summed E-state index contributed by atoms with van der Waals surface area (Å²) in [6.45, 7) is 6.71. The molecule has 0 spiro atoms. The van der Waals surface area contributed by atoms with Crippen molar-refractivity contribution in [1.29, 1.82) is 0 Å². The largest absolute Gasteiger partial charge is 0.451 e. The third-order valence-electron chi connectivity index (χ3n) is 5.58. The number of hydrogen-bond donors (Lipinski definition) is 1. The Bertz CT molecular complexity index is 763. The van der Waals surface area contributed by atoms with Crippen LogP contribution in [0.5, 0.6) is 0 Å². The first-order chi connectivity index (χ1) is 10.9. The van der Waals surface area contributed by atoms with Crippen molar-refractivity contribution < 1.29 is 9.21 Å². The van der Waals surface area contributed by atoms with Crippen LogP contribution in [0.4, 0.5) is 0 Å². The van der Waals surface area contributed by atoms with Gasteiger partial charge in [0.05, 0.1) is 0 Å². The van der Waals surface area contributed by atoms with E-state index in [9.17, 15) is 4.79 Å². The van der Waals surface area contributed by atoms with Crippen LogP contribution in [-0.2, 0) is 0 Å². The molecule has 0 saturated carbocycles. The summed E-state index contributed by atoms with van der Waals surface area (Å²) < 4.78 is 5.69. The quantitative estimate of drug-likeness (QED) is 0.867. The normalized spacial score (nSPS) is 27.7. The fraction of sp³-hybridized carbons (Fsp3) is 0.500. The topological polar surface area (TPSA) is 45.5 Å². The van der Waals surface area contributed by atoms with Gasteiger partial charge in [-0.2, -0.15) is 0 Å². The van der Waals surface area contributed by atoms with Crippen LogP contribution in [0.1, 0.15) is 37.2 Å². The molecule has 1 atom stereocenters. The molecule has 2 bridgehead atoms. The van der Waals surface area contributed by atoms with Crippen molar-refractivity contribution in [3.8, 4) is 0 Å². The lowest BCUT2D eigenvalue weighted by molar-refractivity contribution is -0.0380. The van der Waals surface area contributed by atoms with Crippen LogP contribution in [-0.4, -0.2) is 35.5 Å². The highest BCUT2D eigenvalue weighted by molar-refractivity contribution is 6.31. The maximum atomic E-state index is 12.7. The number of benzene rings is 1. The Morgan fingerprint density at radius 3 is 2.67 bits per heavy atom. The molecule has 1 N–H and O–H groups in total. The molecule has 24 heavy (non-hydrogen) atoms. The fourth-order valence-electron chi connectivity index (χ4n) is 4.21. The zero-order valence-electron chi connectivity index (χ0n) is 13.8. The summed E-state index contributed by atoms with van der Waals surface area (Å²) in [6, 6.07) is 7.36. The maximum Gasteiger partial charge on any atom is 0.287 e. The van der Waals surface area contributed by atoms with Crippen molar-refractivity contribution in [3.63, 3.8) is 0 Å². The van der Waals surface area contributed by atoms with E-state index in [4.69, 9.17) is 16.0 Å². The van der Waals surface area contributed by atoms with Crippen LogP contribution in [0.25, 0.3) is 11.0 Å². The molecule has 1 unspecified atom stereocenters. The second-order valence-corrected chi connectivity index (χ2v) is 7.66. The highest BCUT2D eigenvalue weighted by Crippen LogP contribution is 2.39. The molecule has 3 saturated heterocycles. The number of halogens is 2. The minimum absolute atomic E-state index is 0. The first kappa shape index (κ1) is 17.6. The molecule has 3 aliphatic rings. The van der Waals surface area contributed by atoms with E-state index in [0.29, 0.717) is 22.3 Å². The molecule has 0 radical (unpaired) electrons. The van der Waals surface area contributed by atoms with Gasteiger partial charge in [-0.15, -0.1) is 12.4 Å². The molecule has 1 amide bonds. The number of hydrogen-bond acceptors (Lipinski definition) is 3. The van der Waals surface area contributed by atoms with Crippen molar-refractivity contribution in [2.24, 2.45) is 5.92 Å². The van der Waals surface area contributed by atoms with Crippen LogP contribution >= 0.6 is 24.0 Å². The Hall–Kier alpha value is -1.23. The number of piperidine rings is 3. The lowest BCUT2D eigenvalue weighted by atomic mass is 9.72. The van der Waals surface area contributed by atoms with Gasteiger partial charge in [0.2, 0.25) is 0 Å². The fourth-order valence-corrected chi connectivity index (χ4v) is 4.37. The Morgan fingerprint density at radius 1 is 1.29 bits per heavy atom. The van der Waals surface area contributed by atoms with Crippen LogP contribution < -0.4 is 5.32 Å². The summed E-state index contributed by atoms with van der Waals surface area (Å²) in [7, 11) is 0. The van der Waals surface area contributed by atoms with Crippen molar-refractivity contribution in [2.45, 2.75) is 38.3 Å². The zero-order valence-corrected chi connectivity index (χ0v) is 15.4. The summed E-state index contributed by atoms with van der Waals surface area (Å²) in [5, 5.41) is 4.73. The molecular formula is C18H22Cl2N2O2. The van der Waals surface area contributed by atoms with E-state index in [2.05, 4.69) is 24.1 Å². The molecule has 6 heteroatoms. The second kappa shape index (κ2) is 6.25. The van der Waals surface area contributed by atoms with Crippen LogP contribution in [0, 0.1) is 5.92 Å². The third-order valence-corrected chi connectivity index (χ3v) is 5.81. The number of nitrogens with zero attached hydrogens (tertiary/aromatic N) is 1. The minimum Gasteiger partial charge on any atom is -0.451 e. The van der Waals surface area contributed by atoms with E-state index < -0.39 is 0 Å². The molecule has 4 nitrogen and oxygen atoms in total. The van der Waals surface area contributed by atoms with Crippen molar-refractivity contribution in [3.05, 3.63) is 35.0 Å². The first-order valence-electron chi connectivity index (χ1n) is 8.20. The molecule has 130 valence electrons. The highest BCUT2D eigenvalue weighted by atomic mass is 35.5. The van der Waals surface area contributed by atoms with Gasteiger partial charge in [0, 0.05) is 28.1 Å². The summed E-state index contributed by atoms with van der Waals surface area (Å²) >= 11 is 5.98. The van der Waals surface area contributed by atoms with Gasteiger partial charge in [0.25, 0.3) is 5.91 Å². The van der Waals surface area contributed by atoms with E-state index in [1.807, 2.05) is 6.07 Å². The molecule has 3 fully saturated rings. The molecule has 2 aromatic rings. The molecule has 3 aliphatic heterocycles. The van der Waals surface area contributed by atoms with E-state index >= 15 is 0 Å². The Balaban J connectivity index is 0.00000169. The first-order valence-corrected chi connectivity index (χ1v) is 8.58. The number of fused-ring (bicyclic) bond motifs is 4. The van der Waals surface area contributed by atoms with Gasteiger partial charge in [-0.3, -0.25) is 9.69 Å². The number of carbonyl (C=O) groups excluding carboxylic acids is 1.